The maximum Gasteiger partial charge on any atom is 0.236 e. The number of carbonyl (C=O) groups is 1. The second kappa shape index (κ2) is 7.17. The van der Waals surface area contributed by atoms with Crippen LogP contribution in [0.15, 0.2) is 59.4 Å². The van der Waals surface area contributed by atoms with Crippen molar-refractivity contribution in [3.8, 4) is 5.75 Å². The molecule has 6 heteroatoms. The van der Waals surface area contributed by atoms with Gasteiger partial charge >= 0.3 is 0 Å². The first-order chi connectivity index (χ1) is 12.1. The zero-order valence-electron chi connectivity index (χ0n) is 13.9. The second-order valence-corrected chi connectivity index (χ2v) is 5.39. The van der Waals surface area contributed by atoms with E-state index in [1.54, 1.807) is 48.4 Å². The third kappa shape index (κ3) is 3.38. The third-order valence-electron chi connectivity index (χ3n) is 3.93. The molecule has 2 aromatic carbocycles. The molecule has 0 radical (unpaired) electrons. The van der Waals surface area contributed by atoms with Crippen LogP contribution in [-0.2, 0) is 9.63 Å². The van der Waals surface area contributed by atoms with Crippen LogP contribution >= 0.6 is 0 Å². The SMILES string of the molecule is CO/N=C\C1=C(c2ccc(F)cc2)CC(=O)N1c1ccc(OC)cc1. The van der Waals surface area contributed by atoms with Gasteiger partial charge < -0.3 is 9.57 Å². The maximum atomic E-state index is 13.2. The zero-order chi connectivity index (χ0) is 17.8. The first-order valence-corrected chi connectivity index (χ1v) is 7.66. The summed E-state index contributed by atoms with van der Waals surface area (Å²) in [4.78, 5) is 19.0. The van der Waals surface area contributed by atoms with Gasteiger partial charge in [-0.25, -0.2) is 4.39 Å². The number of hydrogen-bond donors (Lipinski definition) is 0. The quantitative estimate of drug-likeness (QED) is 0.617. The Morgan fingerprint density at radius 2 is 1.76 bits per heavy atom. The summed E-state index contributed by atoms with van der Waals surface area (Å²) in [6, 6.07) is 13.2. The van der Waals surface area contributed by atoms with Gasteiger partial charge in [0.05, 0.1) is 25.4 Å². The van der Waals surface area contributed by atoms with E-state index < -0.39 is 0 Å². The summed E-state index contributed by atoms with van der Waals surface area (Å²) in [5, 5.41) is 3.82. The monoisotopic (exact) mass is 340 g/mol. The average molecular weight is 340 g/mol. The maximum absolute atomic E-state index is 13.2. The Labute approximate surface area is 145 Å². The van der Waals surface area contributed by atoms with E-state index in [0.717, 1.165) is 11.1 Å². The van der Waals surface area contributed by atoms with E-state index in [1.807, 2.05) is 0 Å². The number of carbonyl (C=O) groups excluding carboxylic acids is 1. The minimum absolute atomic E-state index is 0.0953. The molecule has 3 rings (SSSR count). The summed E-state index contributed by atoms with van der Waals surface area (Å²) in [5.41, 5.74) is 2.83. The number of allylic oxidation sites excluding steroid dienone is 1. The number of benzene rings is 2. The highest BCUT2D eigenvalue weighted by Crippen LogP contribution is 2.35. The molecule has 0 unspecified atom stereocenters. The van der Waals surface area contributed by atoms with Crippen molar-refractivity contribution >= 4 is 23.4 Å². The van der Waals surface area contributed by atoms with Crippen molar-refractivity contribution in [3.63, 3.8) is 0 Å². The van der Waals surface area contributed by atoms with Gasteiger partial charge in [0.25, 0.3) is 0 Å². The molecule has 0 saturated carbocycles. The molecule has 5 nitrogen and oxygen atoms in total. The largest absolute Gasteiger partial charge is 0.497 e. The highest BCUT2D eigenvalue weighted by atomic mass is 19.1. The Kier molecular flexibility index (Phi) is 4.79. The summed E-state index contributed by atoms with van der Waals surface area (Å²) in [6.07, 6.45) is 1.69. The van der Waals surface area contributed by atoms with Crippen LogP contribution in [-0.4, -0.2) is 26.3 Å². The standard InChI is InChI=1S/C19H17FN2O3/c1-24-16-9-7-15(8-10-16)22-18(12-21-25-2)17(11-19(22)23)13-3-5-14(20)6-4-13/h3-10,12H,11H2,1-2H3/b21-12-. The van der Waals surface area contributed by atoms with Crippen LogP contribution in [0.1, 0.15) is 12.0 Å². The molecule has 1 aliphatic rings. The Bertz CT molecular complexity index is 827. The lowest BCUT2D eigenvalue weighted by atomic mass is 10.0. The van der Waals surface area contributed by atoms with Gasteiger partial charge in [0.2, 0.25) is 5.91 Å². The Morgan fingerprint density at radius 1 is 1.08 bits per heavy atom. The van der Waals surface area contributed by atoms with Crippen LogP contribution in [0.2, 0.25) is 0 Å². The topological polar surface area (TPSA) is 51.1 Å². The lowest BCUT2D eigenvalue weighted by molar-refractivity contribution is -0.116. The number of nitrogens with zero attached hydrogens (tertiary/aromatic N) is 2. The molecule has 0 bridgehead atoms. The van der Waals surface area contributed by atoms with Gasteiger partial charge in [-0.05, 0) is 47.5 Å². The molecule has 1 aliphatic heterocycles. The van der Waals surface area contributed by atoms with Crippen molar-refractivity contribution in [2.24, 2.45) is 5.16 Å². The molecule has 2 aromatic rings. The van der Waals surface area contributed by atoms with E-state index >= 15 is 0 Å². The van der Waals surface area contributed by atoms with Crippen molar-refractivity contribution in [2.45, 2.75) is 6.42 Å². The summed E-state index contributed by atoms with van der Waals surface area (Å²) in [5.74, 6) is 0.278. The molecule has 128 valence electrons. The van der Waals surface area contributed by atoms with Crippen molar-refractivity contribution in [1.29, 1.82) is 0 Å². The predicted octanol–water partition coefficient (Wildman–Crippen LogP) is 3.61. The molecule has 0 saturated heterocycles. The van der Waals surface area contributed by atoms with Gasteiger partial charge in [-0.3, -0.25) is 9.69 Å². The van der Waals surface area contributed by atoms with E-state index in [2.05, 4.69) is 5.16 Å². The number of ether oxygens (including phenoxy) is 1. The molecule has 1 heterocycles. The van der Waals surface area contributed by atoms with E-state index in [9.17, 15) is 9.18 Å². The first kappa shape index (κ1) is 16.7. The van der Waals surface area contributed by atoms with Crippen LogP contribution in [0.25, 0.3) is 5.57 Å². The molecule has 0 fully saturated rings. The van der Waals surface area contributed by atoms with Gasteiger partial charge in [0.1, 0.15) is 18.7 Å². The van der Waals surface area contributed by atoms with Gasteiger partial charge in [0.15, 0.2) is 0 Å². The highest BCUT2D eigenvalue weighted by Gasteiger charge is 2.31. The van der Waals surface area contributed by atoms with Crippen molar-refractivity contribution in [1.82, 2.24) is 0 Å². The zero-order valence-corrected chi connectivity index (χ0v) is 13.9. The molecule has 1 amide bonds. The molecule has 0 atom stereocenters. The second-order valence-electron chi connectivity index (χ2n) is 5.39. The Morgan fingerprint density at radius 3 is 2.36 bits per heavy atom. The first-order valence-electron chi connectivity index (χ1n) is 7.66. The molecular formula is C19H17FN2O3. The summed E-state index contributed by atoms with van der Waals surface area (Å²) < 4.78 is 18.4. The van der Waals surface area contributed by atoms with Crippen molar-refractivity contribution in [3.05, 3.63) is 65.6 Å². The van der Waals surface area contributed by atoms with E-state index in [4.69, 9.17) is 9.57 Å². The molecule has 0 N–H and O–H groups in total. The average Bonchev–Trinajstić information content (AvgIpc) is 2.97. The van der Waals surface area contributed by atoms with Crippen molar-refractivity contribution in [2.75, 3.05) is 19.1 Å². The van der Waals surface area contributed by atoms with Crippen LogP contribution in [0.3, 0.4) is 0 Å². The van der Waals surface area contributed by atoms with Crippen LogP contribution in [0.4, 0.5) is 10.1 Å². The van der Waals surface area contributed by atoms with Crippen LogP contribution < -0.4 is 9.64 Å². The number of methoxy groups -OCH3 is 1. The minimum Gasteiger partial charge on any atom is -0.497 e. The summed E-state index contributed by atoms with van der Waals surface area (Å²) in [7, 11) is 3.02. The fraction of sp³-hybridized carbons (Fsp3) is 0.158. The number of rotatable bonds is 5. The van der Waals surface area contributed by atoms with Gasteiger partial charge in [-0.2, -0.15) is 0 Å². The minimum atomic E-state index is -0.326. The Balaban J connectivity index is 2.07. The van der Waals surface area contributed by atoms with E-state index in [1.165, 1.54) is 25.5 Å². The van der Waals surface area contributed by atoms with Gasteiger partial charge in [-0.1, -0.05) is 17.3 Å². The fourth-order valence-electron chi connectivity index (χ4n) is 2.74. The van der Waals surface area contributed by atoms with E-state index in [0.29, 0.717) is 17.1 Å². The van der Waals surface area contributed by atoms with E-state index in [-0.39, 0.29) is 18.1 Å². The molecular weight excluding hydrogens is 323 g/mol. The smallest absolute Gasteiger partial charge is 0.236 e. The lowest BCUT2D eigenvalue weighted by Crippen LogP contribution is -2.25. The summed E-state index contributed by atoms with van der Waals surface area (Å²) in [6.45, 7) is 0. The predicted molar refractivity (Wildman–Crippen MR) is 93.9 cm³/mol. The number of anilines is 1. The number of halogens is 1. The Hall–Kier alpha value is -3.15. The third-order valence-corrected chi connectivity index (χ3v) is 3.93. The van der Waals surface area contributed by atoms with Crippen LogP contribution in [0, 0.1) is 5.82 Å². The van der Waals surface area contributed by atoms with Crippen LogP contribution in [0.5, 0.6) is 5.75 Å². The molecule has 0 spiro atoms. The summed E-state index contributed by atoms with van der Waals surface area (Å²) >= 11 is 0. The highest BCUT2D eigenvalue weighted by molar-refractivity contribution is 6.17. The molecule has 0 aliphatic carbocycles. The molecule has 25 heavy (non-hydrogen) atoms. The molecule has 0 aromatic heterocycles. The lowest BCUT2D eigenvalue weighted by Gasteiger charge is -2.18. The number of amides is 1. The normalized spacial score (nSPS) is 14.5. The van der Waals surface area contributed by atoms with Crippen molar-refractivity contribution < 1.29 is 18.8 Å². The fourth-order valence-corrected chi connectivity index (χ4v) is 2.74. The van der Waals surface area contributed by atoms with Gasteiger partial charge in [-0.15, -0.1) is 0 Å². The number of hydrogen-bond acceptors (Lipinski definition) is 4. The van der Waals surface area contributed by atoms with Gasteiger partial charge in [0, 0.05) is 5.69 Å². The number of oxime groups is 1.